The highest BCUT2D eigenvalue weighted by molar-refractivity contribution is 5.89. The zero-order valence-electron chi connectivity index (χ0n) is 12.0. The minimum Gasteiger partial charge on any atom is -0.465 e. The molecule has 2 rings (SSSR count). The van der Waals surface area contributed by atoms with Crippen molar-refractivity contribution in [3.63, 3.8) is 0 Å². The SMILES string of the molecule is COC(=O)c1ccc(Oc2cc(C)nc(C)c2C#N)cc1. The van der Waals surface area contributed by atoms with Crippen molar-refractivity contribution in [1.29, 1.82) is 5.26 Å². The van der Waals surface area contributed by atoms with Crippen molar-refractivity contribution in [2.24, 2.45) is 0 Å². The lowest BCUT2D eigenvalue weighted by atomic mass is 10.1. The largest absolute Gasteiger partial charge is 0.465 e. The number of hydrogen-bond acceptors (Lipinski definition) is 5. The molecule has 1 aromatic carbocycles. The fourth-order valence-electron chi connectivity index (χ4n) is 1.91. The number of pyridine rings is 1. The zero-order chi connectivity index (χ0) is 15.4. The maximum Gasteiger partial charge on any atom is 0.337 e. The van der Waals surface area contributed by atoms with Crippen LogP contribution in [-0.2, 0) is 4.74 Å². The first-order chi connectivity index (χ1) is 10.0. The predicted octanol–water partition coefficient (Wildman–Crippen LogP) is 3.15. The number of aromatic nitrogens is 1. The molecule has 21 heavy (non-hydrogen) atoms. The highest BCUT2D eigenvalue weighted by atomic mass is 16.5. The van der Waals surface area contributed by atoms with Crippen LogP contribution in [0.4, 0.5) is 0 Å². The van der Waals surface area contributed by atoms with E-state index in [9.17, 15) is 10.1 Å². The smallest absolute Gasteiger partial charge is 0.337 e. The molecule has 106 valence electrons. The standard InChI is InChI=1S/C16H14N2O3/c1-10-8-15(14(9-17)11(2)18-10)21-13-6-4-12(5-7-13)16(19)20-3/h4-8H,1-3H3. The van der Waals surface area contributed by atoms with Crippen LogP contribution >= 0.6 is 0 Å². The topological polar surface area (TPSA) is 72.2 Å². The molecular weight excluding hydrogens is 268 g/mol. The van der Waals surface area contributed by atoms with Crippen molar-refractivity contribution in [1.82, 2.24) is 4.98 Å². The number of ether oxygens (including phenoxy) is 2. The molecule has 0 spiro atoms. The summed E-state index contributed by atoms with van der Waals surface area (Å²) in [5.41, 5.74) is 2.23. The molecule has 0 amide bonds. The first-order valence-corrected chi connectivity index (χ1v) is 6.29. The molecular formula is C16H14N2O3. The number of carbonyl (C=O) groups is 1. The third-order valence-corrected chi connectivity index (χ3v) is 2.91. The number of aryl methyl sites for hydroxylation is 2. The van der Waals surface area contributed by atoms with E-state index in [-0.39, 0.29) is 0 Å². The average Bonchev–Trinajstić information content (AvgIpc) is 2.47. The van der Waals surface area contributed by atoms with Crippen LogP contribution in [0.25, 0.3) is 0 Å². The summed E-state index contributed by atoms with van der Waals surface area (Å²) in [6, 6.07) is 10.3. The van der Waals surface area contributed by atoms with Crippen LogP contribution in [0.3, 0.4) is 0 Å². The Bertz CT molecular complexity index is 716. The summed E-state index contributed by atoms with van der Waals surface area (Å²) in [4.78, 5) is 15.6. The Balaban J connectivity index is 2.31. The molecule has 0 fully saturated rings. The summed E-state index contributed by atoms with van der Waals surface area (Å²) in [5, 5.41) is 9.19. The van der Waals surface area contributed by atoms with Crippen LogP contribution in [0.15, 0.2) is 30.3 Å². The van der Waals surface area contributed by atoms with Crippen LogP contribution in [0.1, 0.15) is 27.3 Å². The lowest BCUT2D eigenvalue weighted by Crippen LogP contribution is -2.00. The summed E-state index contributed by atoms with van der Waals surface area (Å²) < 4.78 is 10.3. The van der Waals surface area contributed by atoms with Gasteiger partial charge in [0.25, 0.3) is 0 Å². The van der Waals surface area contributed by atoms with E-state index >= 15 is 0 Å². The van der Waals surface area contributed by atoms with Crippen molar-refractivity contribution < 1.29 is 14.3 Å². The van der Waals surface area contributed by atoms with E-state index in [1.807, 2.05) is 6.92 Å². The van der Waals surface area contributed by atoms with Gasteiger partial charge in [-0.25, -0.2) is 4.79 Å². The lowest BCUT2D eigenvalue weighted by Gasteiger charge is -2.10. The Labute approximate surface area is 122 Å². The molecule has 1 aromatic heterocycles. The maximum absolute atomic E-state index is 11.4. The molecule has 0 aliphatic rings. The third kappa shape index (κ3) is 3.18. The minimum atomic E-state index is -0.408. The first kappa shape index (κ1) is 14.5. The summed E-state index contributed by atoms with van der Waals surface area (Å²) in [7, 11) is 1.33. The van der Waals surface area contributed by atoms with Gasteiger partial charge in [-0.05, 0) is 38.1 Å². The van der Waals surface area contributed by atoms with Crippen LogP contribution in [0, 0.1) is 25.2 Å². The normalized spacial score (nSPS) is 9.81. The van der Waals surface area contributed by atoms with Gasteiger partial charge < -0.3 is 9.47 Å². The van der Waals surface area contributed by atoms with E-state index in [1.54, 1.807) is 37.3 Å². The summed E-state index contributed by atoms with van der Waals surface area (Å²) >= 11 is 0. The summed E-state index contributed by atoms with van der Waals surface area (Å²) in [6.07, 6.45) is 0. The van der Waals surface area contributed by atoms with Crippen LogP contribution in [0.2, 0.25) is 0 Å². The van der Waals surface area contributed by atoms with Crippen molar-refractivity contribution >= 4 is 5.97 Å². The fraction of sp³-hybridized carbons (Fsp3) is 0.188. The highest BCUT2D eigenvalue weighted by Crippen LogP contribution is 2.27. The molecule has 0 aliphatic carbocycles. The van der Waals surface area contributed by atoms with Crippen molar-refractivity contribution in [2.75, 3.05) is 7.11 Å². The number of carbonyl (C=O) groups excluding carboxylic acids is 1. The third-order valence-electron chi connectivity index (χ3n) is 2.91. The van der Waals surface area contributed by atoms with E-state index in [4.69, 9.17) is 4.74 Å². The van der Waals surface area contributed by atoms with Gasteiger partial charge in [-0.3, -0.25) is 4.98 Å². The fourth-order valence-corrected chi connectivity index (χ4v) is 1.91. The number of methoxy groups -OCH3 is 1. The van der Waals surface area contributed by atoms with Crippen molar-refractivity contribution in [3.8, 4) is 17.6 Å². The minimum absolute atomic E-state index is 0.401. The van der Waals surface area contributed by atoms with E-state index < -0.39 is 5.97 Å². The van der Waals surface area contributed by atoms with Gasteiger partial charge in [0.15, 0.2) is 0 Å². The molecule has 0 atom stereocenters. The number of rotatable bonds is 3. The second kappa shape index (κ2) is 6.06. The first-order valence-electron chi connectivity index (χ1n) is 6.29. The maximum atomic E-state index is 11.4. The number of esters is 1. The van der Waals surface area contributed by atoms with Crippen LogP contribution < -0.4 is 4.74 Å². The molecule has 0 unspecified atom stereocenters. The summed E-state index contributed by atoms with van der Waals surface area (Å²) in [6.45, 7) is 3.60. The molecule has 5 heteroatoms. The van der Waals surface area contributed by atoms with Gasteiger partial charge in [0.05, 0.1) is 18.4 Å². The number of benzene rings is 1. The highest BCUT2D eigenvalue weighted by Gasteiger charge is 2.11. The van der Waals surface area contributed by atoms with Gasteiger partial charge in [-0.1, -0.05) is 0 Å². The van der Waals surface area contributed by atoms with E-state index in [0.29, 0.717) is 28.3 Å². The number of hydrogen-bond donors (Lipinski definition) is 0. The van der Waals surface area contributed by atoms with E-state index in [2.05, 4.69) is 15.8 Å². The van der Waals surface area contributed by atoms with Crippen LogP contribution in [0.5, 0.6) is 11.5 Å². The Morgan fingerprint density at radius 3 is 2.48 bits per heavy atom. The van der Waals surface area contributed by atoms with Crippen LogP contribution in [-0.4, -0.2) is 18.1 Å². The van der Waals surface area contributed by atoms with Gasteiger partial charge >= 0.3 is 5.97 Å². The van der Waals surface area contributed by atoms with Gasteiger partial charge in [-0.2, -0.15) is 5.26 Å². The molecule has 0 aliphatic heterocycles. The molecule has 5 nitrogen and oxygen atoms in total. The zero-order valence-corrected chi connectivity index (χ0v) is 12.0. The lowest BCUT2D eigenvalue weighted by molar-refractivity contribution is 0.0600. The predicted molar refractivity (Wildman–Crippen MR) is 76.3 cm³/mol. The van der Waals surface area contributed by atoms with Gasteiger partial charge in [0.1, 0.15) is 23.1 Å². The number of nitrogens with zero attached hydrogens (tertiary/aromatic N) is 2. The second-order valence-electron chi connectivity index (χ2n) is 4.45. The number of nitriles is 1. The quantitative estimate of drug-likeness (QED) is 0.808. The van der Waals surface area contributed by atoms with E-state index in [0.717, 1.165) is 5.69 Å². The Morgan fingerprint density at radius 1 is 1.24 bits per heavy atom. The summed E-state index contributed by atoms with van der Waals surface area (Å²) in [5.74, 6) is 0.576. The Morgan fingerprint density at radius 2 is 1.90 bits per heavy atom. The Kier molecular flexibility index (Phi) is 4.19. The molecule has 0 N–H and O–H groups in total. The van der Waals surface area contributed by atoms with Gasteiger partial charge in [-0.15, -0.1) is 0 Å². The van der Waals surface area contributed by atoms with Crippen molar-refractivity contribution in [2.45, 2.75) is 13.8 Å². The molecule has 0 saturated carbocycles. The monoisotopic (exact) mass is 282 g/mol. The van der Waals surface area contributed by atoms with E-state index in [1.165, 1.54) is 7.11 Å². The molecule has 1 heterocycles. The molecule has 0 bridgehead atoms. The van der Waals surface area contributed by atoms with Crippen molar-refractivity contribution in [3.05, 3.63) is 52.8 Å². The molecule has 0 saturated heterocycles. The van der Waals surface area contributed by atoms with Gasteiger partial charge in [0.2, 0.25) is 0 Å². The molecule has 0 radical (unpaired) electrons. The van der Waals surface area contributed by atoms with Gasteiger partial charge in [0, 0.05) is 11.8 Å². The average molecular weight is 282 g/mol. The molecule has 2 aromatic rings. The Hall–Kier alpha value is -2.87. The second-order valence-corrected chi connectivity index (χ2v) is 4.45.